The lowest BCUT2D eigenvalue weighted by Crippen LogP contribution is -2.37. The van der Waals surface area contributed by atoms with Crippen LogP contribution in [-0.2, 0) is 4.79 Å². The average molecular weight is 309 g/mol. The van der Waals surface area contributed by atoms with E-state index in [1.165, 1.54) is 6.42 Å². The largest absolute Gasteiger partial charge is 0.399 e. The Hall–Kier alpha value is -1.69. The monoisotopic (exact) mass is 309 g/mol. The van der Waals surface area contributed by atoms with E-state index in [4.69, 9.17) is 5.73 Å². The van der Waals surface area contributed by atoms with Gasteiger partial charge in [0.2, 0.25) is 5.91 Å². The molecular formula is C15H23N3O2S. The van der Waals surface area contributed by atoms with Crippen molar-refractivity contribution in [2.75, 3.05) is 30.8 Å². The highest BCUT2D eigenvalue weighted by Gasteiger charge is 2.07. The number of anilines is 1. The maximum Gasteiger partial charge on any atom is 0.251 e. The first-order chi connectivity index (χ1) is 10.1. The van der Waals surface area contributed by atoms with E-state index in [1.54, 1.807) is 24.3 Å². The second-order valence-electron chi connectivity index (χ2n) is 4.71. The normalized spacial score (nSPS) is 10.1. The van der Waals surface area contributed by atoms with Crippen molar-refractivity contribution in [2.24, 2.45) is 0 Å². The SMILES string of the molecule is CSCCCCCNC(=O)CNC(=O)c1ccc(N)cc1. The van der Waals surface area contributed by atoms with Gasteiger partial charge in [0.25, 0.3) is 5.91 Å². The average Bonchev–Trinajstić information content (AvgIpc) is 2.49. The molecule has 0 heterocycles. The predicted molar refractivity (Wildman–Crippen MR) is 88.4 cm³/mol. The molecule has 6 heteroatoms. The van der Waals surface area contributed by atoms with Gasteiger partial charge in [0.05, 0.1) is 6.54 Å². The van der Waals surface area contributed by atoms with E-state index in [2.05, 4.69) is 16.9 Å². The fourth-order valence-electron chi connectivity index (χ4n) is 1.74. The van der Waals surface area contributed by atoms with E-state index < -0.39 is 0 Å². The van der Waals surface area contributed by atoms with Gasteiger partial charge in [-0.2, -0.15) is 11.8 Å². The molecule has 0 radical (unpaired) electrons. The summed E-state index contributed by atoms with van der Waals surface area (Å²) in [5.41, 5.74) is 6.65. The number of benzene rings is 1. The lowest BCUT2D eigenvalue weighted by Gasteiger charge is -2.07. The Morgan fingerprint density at radius 3 is 2.48 bits per heavy atom. The van der Waals surface area contributed by atoms with Crippen LogP contribution in [0.2, 0.25) is 0 Å². The van der Waals surface area contributed by atoms with Crippen molar-refractivity contribution in [1.82, 2.24) is 10.6 Å². The summed E-state index contributed by atoms with van der Waals surface area (Å²) in [5.74, 6) is 0.722. The minimum absolute atomic E-state index is 0.00593. The molecule has 4 N–H and O–H groups in total. The third kappa shape index (κ3) is 7.60. The molecule has 0 bridgehead atoms. The van der Waals surface area contributed by atoms with E-state index in [0.717, 1.165) is 18.6 Å². The van der Waals surface area contributed by atoms with Crippen LogP contribution in [-0.4, -0.2) is 36.9 Å². The minimum Gasteiger partial charge on any atom is -0.399 e. The first-order valence-corrected chi connectivity index (χ1v) is 8.42. The van der Waals surface area contributed by atoms with Crippen LogP contribution in [0, 0.1) is 0 Å². The number of nitrogens with one attached hydrogen (secondary N) is 2. The zero-order valence-electron chi connectivity index (χ0n) is 12.4. The first-order valence-electron chi connectivity index (χ1n) is 7.03. The molecule has 0 atom stereocenters. The van der Waals surface area contributed by atoms with Gasteiger partial charge >= 0.3 is 0 Å². The predicted octanol–water partition coefficient (Wildman–Crippen LogP) is 1.65. The van der Waals surface area contributed by atoms with E-state index >= 15 is 0 Å². The first kappa shape index (κ1) is 17.4. The molecule has 0 fully saturated rings. The molecule has 0 aliphatic carbocycles. The summed E-state index contributed by atoms with van der Waals surface area (Å²) in [6, 6.07) is 6.58. The third-order valence-electron chi connectivity index (χ3n) is 2.93. The molecule has 1 aromatic rings. The van der Waals surface area contributed by atoms with Gasteiger partial charge < -0.3 is 16.4 Å². The molecule has 1 aromatic carbocycles. The van der Waals surface area contributed by atoms with Crippen LogP contribution in [0.1, 0.15) is 29.6 Å². The van der Waals surface area contributed by atoms with Crippen molar-refractivity contribution in [3.05, 3.63) is 29.8 Å². The Labute approximate surface area is 130 Å². The van der Waals surface area contributed by atoms with Crippen LogP contribution in [0.15, 0.2) is 24.3 Å². The van der Waals surface area contributed by atoms with Gasteiger partial charge in [0.1, 0.15) is 0 Å². The summed E-state index contributed by atoms with van der Waals surface area (Å²) in [4.78, 5) is 23.3. The van der Waals surface area contributed by atoms with E-state index in [1.807, 2.05) is 11.8 Å². The second-order valence-corrected chi connectivity index (χ2v) is 5.69. The molecule has 2 amide bonds. The molecule has 0 aliphatic rings. The number of amides is 2. The lowest BCUT2D eigenvalue weighted by atomic mass is 10.2. The molecule has 116 valence electrons. The summed E-state index contributed by atoms with van der Waals surface area (Å²) in [6.07, 6.45) is 5.34. The quantitative estimate of drug-likeness (QED) is 0.478. The van der Waals surface area contributed by atoms with Crippen molar-refractivity contribution < 1.29 is 9.59 Å². The maximum atomic E-state index is 11.8. The zero-order valence-corrected chi connectivity index (χ0v) is 13.2. The van der Waals surface area contributed by atoms with Crippen molar-refractivity contribution in [2.45, 2.75) is 19.3 Å². The molecule has 0 saturated heterocycles. The van der Waals surface area contributed by atoms with Crippen LogP contribution in [0.25, 0.3) is 0 Å². The number of nitrogen functional groups attached to an aromatic ring is 1. The number of rotatable bonds is 9. The fraction of sp³-hybridized carbons (Fsp3) is 0.467. The third-order valence-corrected chi connectivity index (χ3v) is 3.63. The van der Waals surface area contributed by atoms with E-state index in [0.29, 0.717) is 17.8 Å². The van der Waals surface area contributed by atoms with Gasteiger partial charge in [-0.25, -0.2) is 0 Å². The number of hydrogen-bond donors (Lipinski definition) is 3. The Bertz CT molecular complexity index is 449. The summed E-state index contributed by atoms with van der Waals surface area (Å²) < 4.78 is 0. The highest BCUT2D eigenvalue weighted by molar-refractivity contribution is 7.98. The standard InChI is InChI=1S/C15H23N3O2S/c1-21-10-4-2-3-9-17-14(19)11-18-15(20)12-5-7-13(16)8-6-12/h5-8H,2-4,9-11,16H2,1H3,(H,17,19)(H,18,20). The van der Waals surface area contributed by atoms with Crippen molar-refractivity contribution in [1.29, 1.82) is 0 Å². The van der Waals surface area contributed by atoms with Crippen molar-refractivity contribution in [3.8, 4) is 0 Å². The number of carbonyl (C=O) groups is 2. The summed E-state index contributed by atoms with van der Waals surface area (Å²) in [6.45, 7) is 0.652. The van der Waals surface area contributed by atoms with Crippen LogP contribution >= 0.6 is 11.8 Å². The highest BCUT2D eigenvalue weighted by atomic mass is 32.2. The molecule has 1 rings (SSSR count). The van der Waals surface area contributed by atoms with Crippen LogP contribution in [0.5, 0.6) is 0 Å². The number of thioether (sulfide) groups is 1. The zero-order chi connectivity index (χ0) is 15.5. The van der Waals surface area contributed by atoms with Gasteiger partial charge in [-0.15, -0.1) is 0 Å². The number of unbranched alkanes of at least 4 members (excludes halogenated alkanes) is 2. The number of carbonyl (C=O) groups excluding carboxylic acids is 2. The second kappa shape index (κ2) is 10.1. The summed E-state index contributed by atoms with van der Waals surface area (Å²) in [5, 5.41) is 5.38. The highest BCUT2D eigenvalue weighted by Crippen LogP contribution is 2.04. The van der Waals surface area contributed by atoms with E-state index in [-0.39, 0.29) is 18.4 Å². The Morgan fingerprint density at radius 1 is 1.10 bits per heavy atom. The minimum atomic E-state index is -0.273. The van der Waals surface area contributed by atoms with Crippen molar-refractivity contribution >= 4 is 29.3 Å². The van der Waals surface area contributed by atoms with Gasteiger partial charge in [-0.05, 0) is 49.1 Å². The Balaban J connectivity index is 2.15. The van der Waals surface area contributed by atoms with Gasteiger partial charge in [0, 0.05) is 17.8 Å². The number of hydrogen-bond acceptors (Lipinski definition) is 4. The van der Waals surface area contributed by atoms with E-state index in [9.17, 15) is 9.59 Å². The maximum absolute atomic E-state index is 11.8. The number of nitrogens with two attached hydrogens (primary N) is 1. The smallest absolute Gasteiger partial charge is 0.251 e. The molecule has 0 unspecified atom stereocenters. The lowest BCUT2D eigenvalue weighted by molar-refractivity contribution is -0.120. The summed E-state index contributed by atoms with van der Waals surface area (Å²) >= 11 is 1.83. The summed E-state index contributed by atoms with van der Waals surface area (Å²) in [7, 11) is 0. The fourth-order valence-corrected chi connectivity index (χ4v) is 2.23. The molecule has 0 aliphatic heterocycles. The Kier molecular flexibility index (Phi) is 8.35. The van der Waals surface area contributed by atoms with Crippen LogP contribution in [0.4, 0.5) is 5.69 Å². The molecule has 21 heavy (non-hydrogen) atoms. The van der Waals surface area contributed by atoms with Gasteiger partial charge in [0.15, 0.2) is 0 Å². The van der Waals surface area contributed by atoms with Gasteiger partial charge in [-0.3, -0.25) is 9.59 Å². The molecule has 0 spiro atoms. The molecule has 0 saturated carbocycles. The van der Waals surface area contributed by atoms with Crippen molar-refractivity contribution in [3.63, 3.8) is 0 Å². The molecular weight excluding hydrogens is 286 g/mol. The van der Waals surface area contributed by atoms with Crippen LogP contribution < -0.4 is 16.4 Å². The Morgan fingerprint density at radius 2 is 1.81 bits per heavy atom. The topological polar surface area (TPSA) is 84.2 Å². The van der Waals surface area contributed by atoms with Crippen LogP contribution in [0.3, 0.4) is 0 Å². The van der Waals surface area contributed by atoms with Gasteiger partial charge in [-0.1, -0.05) is 6.42 Å². The molecule has 5 nitrogen and oxygen atoms in total. The molecule has 0 aromatic heterocycles.